The summed E-state index contributed by atoms with van der Waals surface area (Å²) in [4.78, 5) is 11.9. The lowest BCUT2D eigenvalue weighted by molar-refractivity contribution is -0.119. The lowest BCUT2D eigenvalue weighted by Crippen LogP contribution is -2.17. The molecule has 0 saturated carbocycles. The lowest BCUT2D eigenvalue weighted by Gasteiger charge is -2.03. The summed E-state index contributed by atoms with van der Waals surface area (Å²) in [5.74, 6) is 0.283. The first-order valence-electron chi connectivity index (χ1n) is 7.71. The molecule has 0 aliphatic carbocycles. The molecule has 3 aromatic rings. The highest BCUT2D eigenvalue weighted by molar-refractivity contribution is 5.96. The van der Waals surface area contributed by atoms with Crippen molar-refractivity contribution in [1.82, 2.24) is 0 Å². The molecule has 0 unspecified atom stereocenters. The molecule has 1 N–H and O–H groups in total. The van der Waals surface area contributed by atoms with Gasteiger partial charge in [-0.05, 0) is 5.56 Å². The molecule has 5 nitrogen and oxygen atoms in total. The van der Waals surface area contributed by atoms with Crippen LogP contribution >= 0.6 is 0 Å². The summed E-state index contributed by atoms with van der Waals surface area (Å²) in [6, 6.07) is 21.1. The number of methoxy groups -OCH3 is 1. The molecular weight excluding hydrogens is 316 g/mol. The van der Waals surface area contributed by atoms with Crippen molar-refractivity contribution in [2.45, 2.75) is 0 Å². The number of anilines is 1. The zero-order chi connectivity index (χ0) is 17.6. The smallest absolute Gasteiger partial charge is 0.252 e. The normalized spacial score (nSPS) is 10.2. The van der Waals surface area contributed by atoms with Gasteiger partial charge in [-0.2, -0.15) is 5.26 Å². The van der Waals surface area contributed by atoms with Gasteiger partial charge in [0.25, 0.3) is 5.91 Å². The van der Waals surface area contributed by atoms with Crippen molar-refractivity contribution in [3.05, 3.63) is 66.2 Å². The van der Waals surface area contributed by atoms with Crippen LogP contribution in [-0.4, -0.2) is 19.6 Å². The SMILES string of the molecule is COCC(=O)Nc1oc(-c2ccccc2)c(-c2ccccc2)c1C#N. The molecule has 0 saturated heterocycles. The van der Waals surface area contributed by atoms with Gasteiger partial charge in [0, 0.05) is 18.2 Å². The van der Waals surface area contributed by atoms with Crippen molar-refractivity contribution in [1.29, 1.82) is 5.26 Å². The molecule has 25 heavy (non-hydrogen) atoms. The van der Waals surface area contributed by atoms with Crippen LogP contribution < -0.4 is 5.32 Å². The van der Waals surface area contributed by atoms with Crippen molar-refractivity contribution >= 4 is 11.8 Å². The van der Waals surface area contributed by atoms with E-state index >= 15 is 0 Å². The second kappa shape index (κ2) is 7.47. The Balaban J connectivity index is 2.18. The van der Waals surface area contributed by atoms with Gasteiger partial charge in [-0.15, -0.1) is 0 Å². The standard InChI is InChI=1S/C20H16N2O3/c1-24-13-17(23)22-20-16(12-21)18(14-8-4-2-5-9-14)19(25-20)15-10-6-3-7-11-15/h2-11H,13H2,1H3,(H,22,23). The Morgan fingerprint density at radius 1 is 1.08 bits per heavy atom. The molecule has 0 radical (unpaired) electrons. The topological polar surface area (TPSA) is 75.3 Å². The van der Waals surface area contributed by atoms with Gasteiger partial charge in [-0.1, -0.05) is 60.7 Å². The highest BCUT2D eigenvalue weighted by Gasteiger charge is 2.23. The fourth-order valence-electron chi connectivity index (χ4n) is 2.59. The third kappa shape index (κ3) is 3.44. The molecule has 2 aromatic carbocycles. The van der Waals surface area contributed by atoms with E-state index < -0.39 is 0 Å². The maximum absolute atomic E-state index is 11.9. The number of hydrogen-bond donors (Lipinski definition) is 1. The van der Waals surface area contributed by atoms with Crippen molar-refractivity contribution in [2.75, 3.05) is 19.0 Å². The molecule has 0 atom stereocenters. The number of carbonyl (C=O) groups is 1. The Bertz CT molecular complexity index is 909. The first kappa shape index (κ1) is 16.5. The van der Waals surface area contributed by atoms with Gasteiger partial charge in [0.2, 0.25) is 5.88 Å². The number of ether oxygens (including phenoxy) is 1. The van der Waals surface area contributed by atoms with E-state index in [9.17, 15) is 10.1 Å². The van der Waals surface area contributed by atoms with E-state index in [4.69, 9.17) is 9.15 Å². The monoisotopic (exact) mass is 332 g/mol. The predicted molar refractivity (Wildman–Crippen MR) is 94.8 cm³/mol. The van der Waals surface area contributed by atoms with Crippen LogP contribution in [0.2, 0.25) is 0 Å². The summed E-state index contributed by atoms with van der Waals surface area (Å²) in [6.45, 7) is -0.118. The number of benzene rings is 2. The van der Waals surface area contributed by atoms with E-state index in [0.717, 1.165) is 11.1 Å². The number of hydrogen-bond acceptors (Lipinski definition) is 4. The quantitative estimate of drug-likeness (QED) is 0.764. The van der Waals surface area contributed by atoms with Crippen molar-refractivity contribution in [3.63, 3.8) is 0 Å². The van der Waals surface area contributed by atoms with E-state index in [1.807, 2.05) is 60.7 Å². The van der Waals surface area contributed by atoms with Crippen LogP contribution in [-0.2, 0) is 9.53 Å². The summed E-state index contributed by atoms with van der Waals surface area (Å²) in [6.07, 6.45) is 0. The van der Waals surface area contributed by atoms with Crippen LogP contribution in [0.4, 0.5) is 5.88 Å². The third-order valence-electron chi connectivity index (χ3n) is 3.65. The van der Waals surface area contributed by atoms with Crippen LogP contribution in [0.15, 0.2) is 65.1 Å². The molecule has 0 aliphatic rings. The van der Waals surface area contributed by atoms with E-state index in [0.29, 0.717) is 11.3 Å². The second-order valence-electron chi connectivity index (χ2n) is 5.34. The first-order valence-corrected chi connectivity index (χ1v) is 7.71. The van der Waals surface area contributed by atoms with Crippen molar-refractivity contribution in [3.8, 4) is 28.5 Å². The molecule has 1 heterocycles. The molecule has 5 heteroatoms. The number of rotatable bonds is 5. The molecule has 0 aliphatic heterocycles. The van der Waals surface area contributed by atoms with Crippen molar-refractivity contribution in [2.24, 2.45) is 0 Å². The number of furan rings is 1. The van der Waals surface area contributed by atoms with Gasteiger partial charge in [-0.3, -0.25) is 10.1 Å². The zero-order valence-electron chi connectivity index (χ0n) is 13.7. The largest absolute Gasteiger partial charge is 0.438 e. The number of nitrogens with one attached hydrogen (secondary N) is 1. The average molecular weight is 332 g/mol. The van der Waals surface area contributed by atoms with Crippen LogP contribution in [0, 0.1) is 11.3 Å². The number of nitriles is 1. The van der Waals surface area contributed by atoms with Crippen molar-refractivity contribution < 1.29 is 13.9 Å². The highest BCUT2D eigenvalue weighted by atomic mass is 16.5. The minimum atomic E-state index is -0.382. The molecule has 1 aromatic heterocycles. The summed E-state index contributed by atoms with van der Waals surface area (Å²) >= 11 is 0. The molecule has 1 amide bonds. The summed E-state index contributed by atoms with van der Waals surface area (Å²) < 4.78 is 10.7. The Morgan fingerprint density at radius 3 is 2.24 bits per heavy atom. The predicted octanol–water partition coefficient (Wildman–Crippen LogP) is 4.07. The molecule has 124 valence electrons. The summed E-state index contributed by atoms with van der Waals surface area (Å²) in [7, 11) is 1.43. The summed E-state index contributed by atoms with van der Waals surface area (Å²) in [5.41, 5.74) is 2.61. The molecule has 3 rings (SSSR count). The van der Waals surface area contributed by atoms with Gasteiger partial charge in [0.05, 0.1) is 0 Å². The minimum absolute atomic E-state index is 0.118. The summed E-state index contributed by atoms with van der Waals surface area (Å²) in [5, 5.41) is 12.3. The van der Waals surface area contributed by atoms with Crippen LogP contribution in [0.3, 0.4) is 0 Å². The van der Waals surface area contributed by atoms with Gasteiger partial charge < -0.3 is 9.15 Å². The maximum atomic E-state index is 11.9. The van der Waals surface area contributed by atoms with Crippen LogP contribution in [0.5, 0.6) is 0 Å². The van der Waals surface area contributed by atoms with E-state index in [-0.39, 0.29) is 24.0 Å². The Hall–Kier alpha value is -3.36. The molecule has 0 fully saturated rings. The second-order valence-corrected chi connectivity index (χ2v) is 5.34. The molecule has 0 bridgehead atoms. The Morgan fingerprint density at radius 2 is 1.68 bits per heavy atom. The highest BCUT2D eigenvalue weighted by Crippen LogP contribution is 2.41. The number of amides is 1. The first-order chi connectivity index (χ1) is 12.2. The number of carbonyl (C=O) groups excluding carboxylic acids is 1. The van der Waals surface area contributed by atoms with Gasteiger partial charge in [0.1, 0.15) is 24.0 Å². The van der Waals surface area contributed by atoms with Crippen LogP contribution in [0.25, 0.3) is 22.5 Å². The lowest BCUT2D eigenvalue weighted by atomic mass is 9.98. The zero-order valence-corrected chi connectivity index (χ0v) is 13.7. The van der Waals surface area contributed by atoms with Gasteiger partial charge >= 0.3 is 0 Å². The van der Waals surface area contributed by atoms with Gasteiger partial charge in [-0.25, -0.2) is 0 Å². The molecule has 0 spiro atoms. The Kier molecular flexibility index (Phi) is 4.93. The Labute approximate surface area is 145 Å². The van der Waals surface area contributed by atoms with Gasteiger partial charge in [0.15, 0.2) is 0 Å². The third-order valence-corrected chi connectivity index (χ3v) is 3.65. The average Bonchev–Trinajstić information content (AvgIpc) is 3.01. The minimum Gasteiger partial charge on any atom is -0.438 e. The fourth-order valence-corrected chi connectivity index (χ4v) is 2.59. The fraction of sp³-hybridized carbons (Fsp3) is 0.100. The molecular formula is C20H16N2O3. The maximum Gasteiger partial charge on any atom is 0.252 e. The van der Waals surface area contributed by atoms with E-state index in [1.165, 1.54) is 7.11 Å². The van der Waals surface area contributed by atoms with Crippen LogP contribution in [0.1, 0.15) is 5.56 Å². The van der Waals surface area contributed by atoms with E-state index in [1.54, 1.807) is 0 Å². The van der Waals surface area contributed by atoms with E-state index in [2.05, 4.69) is 11.4 Å². The number of nitrogens with zero attached hydrogens (tertiary/aromatic N) is 1.